The van der Waals surface area contributed by atoms with Crippen LogP contribution < -0.4 is 15.6 Å². The highest BCUT2D eigenvalue weighted by Crippen LogP contribution is 2.59. The van der Waals surface area contributed by atoms with Crippen LogP contribution in [-0.4, -0.2) is 79.0 Å². The first-order valence-electron chi connectivity index (χ1n) is 12.5. The van der Waals surface area contributed by atoms with Gasteiger partial charge in [-0.2, -0.15) is 9.97 Å². The molecule has 16 heteroatoms. The summed E-state index contributed by atoms with van der Waals surface area (Å²) in [5.74, 6) is -0.0791. The normalized spacial score (nSPS) is 31.2. The number of methoxy groups -OCH3 is 1. The number of carbonyl (C=O) groups is 1. The van der Waals surface area contributed by atoms with E-state index in [9.17, 15) is 19.6 Å². The number of esters is 1. The van der Waals surface area contributed by atoms with Crippen LogP contribution in [0.25, 0.3) is 11.2 Å². The molecular formula is C24H31N6O8PS. The highest BCUT2D eigenvalue weighted by molar-refractivity contribution is 8.56. The summed E-state index contributed by atoms with van der Waals surface area (Å²) in [6.45, 7) is -0.748. The smallest absolute Gasteiger partial charge is 0.327 e. The number of aliphatic hydroxyl groups is 2. The first-order valence-corrected chi connectivity index (χ1v) is 15.8. The molecule has 4 heterocycles. The van der Waals surface area contributed by atoms with Gasteiger partial charge in [0.05, 0.1) is 20.0 Å². The quantitative estimate of drug-likeness (QED) is 0.218. The lowest BCUT2D eigenvalue weighted by molar-refractivity contribution is -0.150. The Hall–Kier alpha value is -2.78. The maximum Gasteiger partial charge on any atom is 0.327 e. The standard InChI is InChI=1S/C24H31N6O8PS/c1-13(14-7-5-4-6-8-14)37-21(32)15-9-10-40-39(34,29-15)36-11-16-18(31)24(2,33)22(38-16)30-12-26-17-19(30)27-23(25)28-20(17)35-3/h4-8,12-13,15-16,18,22,31,33H,9-11H2,1-3H3,(H,29,34)(H2,25,27,28)/t13-,15+,16?,18+,22+,24+,39+/m0/s1. The average molecular weight is 595 g/mol. The van der Waals surface area contributed by atoms with Crippen molar-refractivity contribution in [3.63, 3.8) is 0 Å². The number of imidazole rings is 1. The predicted octanol–water partition coefficient (Wildman–Crippen LogP) is 1.95. The SMILES string of the molecule is COc1nc(N)nc2c1ncn2[C@@H]1OC(CO[P@]2(=O)N[C@@H](C(=O)O[C@@H](C)c3ccccc3)CCS2)[C@@H](O)[C@@]1(C)O. The van der Waals surface area contributed by atoms with Crippen LogP contribution in [0.4, 0.5) is 5.95 Å². The summed E-state index contributed by atoms with van der Waals surface area (Å²) < 4.78 is 37.4. The van der Waals surface area contributed by atoms with Crippen LogP contribution in [0, 0.1) is 0 Å². The summed E-state index contributed by atoms with van der Waals surface area (Å²) in [6.07, 6.45) is -2.35. The number of aromatic nitrogens is 4. The molecule has 5 rings (SSSR count). The Morgan fingerprint density at radius 1 is 1.38 bits per heavy atom. The minimum atomic E-state index is -3.58. The number of aliphatic hydroxyl groups excluding tert-OH is 1. The highest BCUT2D eigenvalue weighted by Gasteiger charge is 2.54. The number of anilines is 1. The second-order valence-electron chi connectivity index (χ2n) is 9.70. The van der Waals surface area contributed by atoms with Gasteiger partial charge in [0.15, 0.2) is 17.4 Å². The van der Waals surface area contributed by atoms with Crippen LogP contribution in [0.1, 0.15) is 38.2 Å². The second kappa shape index (κ2) is 11.2. The van der Waals surface area contributed by atoms with Crippen LogP contribution in [0.3, 0.4) is 0 Å². The second-order valence-corrected chi connectivity index (χ2v) is 14.1. The maximum atomic E-state index is 13.5. The van der Waals surface area contributed by atoms with E-state index in [0.29, 0.717) is 12.2 Å². The molecule has 0 bridgehead atoms. The molecule has 2 aromatic heterocycles. The molecule has 0 amide bonds. The summed E-state index contributed by atoms with van der Waals surface area (Å²) in [6, 6.07) is 8.46. The number of fused-ring (bicyclic) bond motifs is 1. The lowest BCUT2D eigenvalue weighted by Gasteiger charge is -2.30. The number of hydrogen-bond acceptors (Lipinski definition) is 13. The van der Waals surface area contributed by atoms with Gasteiger partial charge in [0.1, 0.15) is 30.0 Å². The summed E-state index contributed by atoms with van der Waals surface area (Å²) >= 11 is 1.05. The predicted molar refractivity (Wildman–Crippen MR) is 145 cm³/mol. The molecular weight excluding hydrogens is 563 g/mol. The molecule has 2 fully saturated rings. The third-order valence-electron chi connectivity index (χ3n) is 6.84. The van der Waals surface area contributed by atoms with E-state index in [1.165, 1.54) is 24.9 Å². The molecule has 40 heavy (non-hydrogen) atoms. The lowest BCUT2D eigenvalue weighted by Crippen LogP contribution is -2.44. The van der Waals surface area contributed by atoms with Gasteiger partial charge in [0.2, 0.25) is 11.8 Å². The Morgan fingerprint density at radius 2 is 2.12 bits per heavy atom. The van der Waals surface area contributed by atoms with Crippen molar-refractivity contribution in [3.8, 4) is 5.88 Å². The van der Waals surface area contributed by atoms with E-state index in [1.54, 1.807) is 6.92 Å². The lowest BCUT2D eigenvalue weighted by atomic mass is 9.96. The average Bonchev–Trinajstić information content (AvgIpc) is 3.45. The number of benzene rings is 1. The van der Waals surface area contributed by atoms with Gasteiger partial charge in [-0.15, -0.1) is 0 Å². The Bertz CT molecular complexity index is 1430. The molecule has 14 nitrogen and oxygen atoms in total. The molecule has 216 valence electrons. The summed E-state index contributed by atoms with van der Waals surface area (Å²) in [7, 11) is 1.41. The van der Waals surface area contributed by atoms with E-state index < -0.39 is 48.9 Å². The molecule has 0 aliphatic carbocycles. The molecule has 2 aliphatic rings. The number of carbonyl (C=O) groups excluding carboxylic acids is 1. The highest BCUT2D eigenvalue weighted by atomic mass is 32.7. The van der Waals surface area contributed by atoms with Crippen LogP contribution in [0.5, 0.6) is 5.88 Å². The van der Waals surface area contributed by atoms with E-state index in [-0.39, 0.29) is 29.6 Å². The molecule has 1 aromatic carbocycles. The molecule has 5 N–H and O–H groups in total. The van der Waals surface area contributed by atoms with Gasteiger partial charge in [0, 0.05) is 5.75 Å². The third kappa shape index (κ3) is 5.55. The van der Waals surface area contributed by atoms with Gasteiger partial charge in [-0.3, -0.25) is 13.9 Å². The largest absolute Gasteiger partial charge is 0.479 e. The topological polar surface area (TPSA) is 193 Å². The van der Waals surface area contributed by atoms with Gasteiger partial charge in [0.25, 0.3) is 0 Å². The van der Waals surface area contributed by atoms with Crippen molar-refractivity contribution in [1.82, 2.24) is 24.6 Å². The Labute approximate surface area is 233 Å². The Balaban J connectivity index is 1.25. The maximum absolute atomic E-state index is 13.5. The number of nitrogens with zero attached hydrogens (tertiary/aromatic N) is 4. The zero-order valence-electron chi connectivity index (χ0n) is 22.0. The van der Waals surface area contributed by atoms with E-state index in [2.05, 4.69) is 20.0 Å². The van der Waals surface area contributed by atoms with Gasteiger partial charge in [-0.05, 0) is 25.8 Å². The third-order valence-corrected chi connectivity index (χ3v) is 10.9. The zero-order chi connectivity index (χ0) is 28.7. The van der Waals surface area contributed by atoms with E-state index in [4.69, 9.17) is 24.5 Å². The number of ether oxygens (including phenoxy) is 3. The number of nitrogen functional groups attached to an aromatic ring is 1. The van der Waals surface area contributed by atoms with Gasteiger partial charge in [-0.1, -0.05) is 41.7 Å². The first-order chi connectivity index (χ1) is 19.0. The molecule has 0 spiro atoms. The van der Waals surface area contributed by atoms with Crippen molar-refractivity contribution < 1.29 is 38.3 Å². The Kier molecular flexibility index (Phi) is 8.08. The van der Waals surface area contributed by atoms with Gasteiger partial charge in [-0.25, -0.2) is 10.1 Å². The molecule has 0 saturated carbocycles. The van der Waals surface area contributed by atoms with Crippen molar-refractivity contribution in [2.24, 2.45) is 0 Å². The number of nitrogens with two attached hydrogens (primary N) is 1. The molecule has 3 aromatic rings. The summed E-state index contributed by atoms with van der Waals surface area (Å²) in [5.41, 5.74) is 5.34. The fourth-order valence-electron chi connectivity index (χ4n) is 4.65. The van der Waals surface area contributed by atoms with Gasteiger partial charge >= 0.3 is 12.7 Å². The van der Waals surface area contributed by atoms with Crippen LogP contribution in [-0.2, 0) is 23.4 Å². The Morgan fingerprint density at radius 3 is 2.85 bits per heavy atom. The molecule has 0 radical (unpaired) electrons. The minimum absolute atomic E-state index is 0.0751. The monoisotopic (exact) mass is 594 g/mol. The van der Waals surface area contributed by atoms with Gasteiger partial charge < -0.3 is 34.7 Å². The summed E-state index contributed by atoms with van der Waals surface area (Å²) in [4.78, 5) is 25.2. The molecule has 2 saturated heterocycles. The van der Waals surface area contributed by atoms with Crippen LogP contribution in [0.15, 0.2) is 36.7 Å². The fraction of sp³-hybridized carbons (Fsp3) is 0.500. The molecule has 1 unspecified atom stereocenters. The van der Waals surface area contributed by atoms with Crippen molar-refractivity contribution in [2.75, 3.05) is 25.2 Å². The molecule has 2 aliphatic heterocycles. The number of rotatable bonds is 8. The zero-order valence-corrected chi connectivity index (χ0v) is 23.7. The minimum Gasteiger partial charge on any atom is -0.479 e. The van der Waals surface area contributed by atoms with E-state index in [0.717, 1.165) is 16.9 Å². The van der Waals surface area contributed by atoms with E-state index in [1.807, 2.05) is 30.3 Å². The van der Waals surface area contributed by atoms with Crippen LogP contribution >= 0.6 is 18.1 Å². The van der Waals surface area contributed by atoms with Crippen LogP contribution in [0.2, 0.25) is 0 Å². The van der Waals surface area contributed by atoms with E-state index >= 15 is 0 Å². The fourth-order valence-corrected chi connectivity index (χ4v) is 8.46. The first kappa shape index (κ1) is 28.7. The number of nitrogens with one attached hydrogen (secondary N) is 1. The van der Waals surface area contributed by atoms with Crippen molar-refractivity contribution in [2.45, 2.75) is 56.5 Å². The van der Waals surface area contributed by atoms with Crippen molar-refractivity contribution in [1.29, 1.82) is 0 Å². The van der Waals surface area contributed by atoms with Crippen molar-refractivity contribution >= 4 is 41.2 Å². The van der Waals surface area contributed by atoms with Crippen molar-refractivity contribution in [3.05, 3.63) is 42.2 Å². The summed E-state index contributed by atoms with van der Waals surface area (Å²) in [5, 5.41) is 24.9. The molecule has 7 atom stereocenters. The number of hydrogen-bond donors (Lipinski definition) is 4.